The van der Waals surface area contributed by atoms with Crippen LogP contribution >= 0.6 is 0 Å². The van der Waals surface area contributed by atoms with Gasteiger partial charge in [0.2, 0.25) is 5.91 Å². The highest BCUT2D eigenvalue weighted by Gasteiger charge is 2.36. The molecule has 3 aromatic carbocycles. The highest BCUT2D eigenvalue weighted by molar-refractivity contribution is 5.98. The van der Waals surface area contributed by atoms with Gasteiger partial charge in [-0.3, -0.25) is 9.59 Å². The van der Waals surface area contributed by atoms with Crippen LogP contribution in [-0.4, -0.2) is 23.3 Å². The van der Waals surface area contributed by atoms with Crippen LogP contribution in [0.1, 0.15) is 33.1 Å². The standard InChI is InChI=1S/C24H21FN2O2/c25-20-11-6-7-17(15-20)16-26-23(28)22-21-12-5-4-8-18(21)13-14-27(22)24(29)19-9-2-1-3-10-19/h1-12,15,22H,13-14,16H2,(H,26,28)/t22-/m0/s1. The summed E-state index contributed by atoms with van der Waals surface area (Å²) in [6.45, 7) is 0.658. The molecule has 1 aliphatic heterocycles. The molecular formula is C24H21FN2O2. The number of halogens is 1. The molecule has 0 saturated carbocycles. The first-order chi connectivity index (χ1) is 14.1. The van der Waals surface area contributed by atoms with E-state index in [1.807, 2.05) is 42.5 Å². The van der Waals surface area contributed by atoms with Crippen molar-refractivity contribution in [3.8, 4) is 0 Å². The lowest BCUT2D eigenvalue weighted by Crippen LogP contribution is -2.47. The molecule has 2 amide bonds. The zero-order chi connectivity index (χ0) is 20.2. The van der Waals surface area contributed by atoms with E-state index in [9.17, 15) is 14.0 Å². The molecule has 0 aromatic heterocycles. The zero-order valence-corrected chi connectivity index (χ0v) is 15.8. The van der Waals surface area contributed by atoms with Gasteiger partial charge in [-0.1, -0.05) is 54.6 Å². The highest BCUT2D eigenvalue weighted by Crippen LogP contribution is 2.31. The largest absolute Gasteiger partial charge is 0.350 e. The van der Waals surface area contributed by atoms with Gasteiger partial charge >= 0.3 is 0 Å². The van der Waals surface area contributed by atoms with Gasteiger partial charge < -0.3 is 10.2 Å². The number of nitrogens with zero attached hydrogens (tertiary/aromatic N) is 1. The van der Waals surface area contributed by atoms with Gasteiger partial charge in [0.15, 0.2) is 0 Å². The maximum absolute atomic E-state index is 13.4. The van der Waals surface area contributed by atoms with Crippen molar-refractivity contribution in [2.24, 2.45) is 0 Å². The van der Waals surface area contributed by atoms with Gasteiger partial charge in [0, 0.05) is 18.7 Å². The Morgan fingerprint density at radius 1 is 0.966 bits per heavy atom. The molecular weight excluding hydrogens is 367 g/mol. The number of hydrogen-bond acceptors (Lipinski definition) is 2. The second-order valence-electron chi connectivity index (χ2n) is 7.06. The quantitative estimate of drug-likeness (QED) is 0.737. The molecule has 0 radical (unpaired) electrons. The lowest BCUT2D eigenvalue weighted by molar-refractivity contribution is -0.126. The number of benzene rings is 3. The Morgan fingerprint density at radius 3 is 2.52 bits per heavy atom. The fraction of sp³-hybridized carbons (Fsp3) is 0.167. The van der Waals surface area contributed by atoms with Crippen LogP contribution in [0.4, 0.5) is 4.39 Å². The van der Waals surface area contributed by atoms with Crippen LogP contribution in [0.25, 0.3) is 0 Å². The molecule has 3 aromatic rings. The summed E-state index contributed by atoms with van der Waals surface area (Å²) in [6, 6.07) is 22.1. The Hall–Kier alpha value is -3.47. The summed E-state index contributed by atoms with van der Waals surface area (Å²) in [4.78, 5) is 27.9. The summed E-state index contributed by atoms with van der Waals surface area (Å²) in [5.41, 5.74) is 3.12. The van der Waals surface area contributed by atoms with Crippen molar-refractivity contribution in [2.75, 3.05) is 6.54 Å². The zero-order valence-electron chi connectivity index (χ0n) is 15.8. The Bertz CT molecular complexity index is 1040. The minimum Gasteiger partial charge on any atom is -0.350 e. The maximum Gasteiger partial charge on any atom is 0.254 e. The number of carbonyl (C=O) groups excluding carboxylic acids is 2. The molecule has 0 fully saturated rings. The molecule has 1 N–H and O–H groups in total. The third kappa shape index (κ3) is 4.04. The van der Waals surface area contributed by atoms with E-state index < -0.39 is 6.04 Å². The molecule has 1 aliphatic rings. The van der Waals surface area contributed by atoms with Gasteiger partial charge in [0.1, 0.15) is 11.9 Å². The Labute approximate surface area is 169 Å². The van der Waals surface area contributed by atoms with E-state index in [1.54, 1.807) is 29.2 Å². The molecule has 0 bridgehead atoms. The SMILES string of the molecule is O=C(NCc1cccc(F)c1)[C@@H]1c2ccccc2CCN1C(=O)c1ccccc1. The summed E-state index contributed by atoms with van der Waals surface area (Å²) < 4.78 is 13.4. The van der Waals surface area contributed by atoms with Crippen molar-refractivity contribution < 1.29 is 14.0 Å². The van der Waals surface area contributed by atoms with E-state index in [0.29, 0.717) is 24.1 Å². The molecule has 1 atom stereocenters. The first-order valence-corrected chi connectivity index (χ1v) is 9.59. The van der Waals surface area contributed by atoms with E-state index in [-0.39, 0.29) is 24.2 Å². The smallest absolute Gasteiger partial charge is 0.254 e. The molecule has 4 rings (SSSR count). The third-order valence-electron chi connectivity index (χ3n) is 5.17. The molecule has 5 heteroatoms. The second-order valence-corrected chi connectivity index (χ2v) is 7.06. The average Bonchev–Trinajstić information content (AvgIpc) is 2.77. The fourth-order valence-corrected chi connectivity index (χ4v) is 3.75. The summed E-state index contributed by atoms with van der Waals surface area (Å²) >= 11 is 0. The van der Waals surface area contributed by atoms with Crippen LogP contribution in [0, 0.1) is 5.82 Å². The van der Waals surface area contributed by atoms with E-state index >= 15 is 0 Å². The van der Waals surface area contributed by atoms with Crippen molar-refractivity contribution in [1.29, 1.82) is 0 Å². The van der Waals surface area contributed by atoms with E-state index in [0.717, 1.165) is 11.1 Å². The van der Waals surface area contributed by atoms with Gasteiger partial charge in [-0.25, -0.2) is 4.39 Å². The van der Waals surface area contributed by atoms with Gasteiger partial charge in [-0.05, 0) is 47.4 Å². The molecule has 4 nitrogen and oxygen atoms in total. The second kappa shape index (κ2) is 8.27. The van der Waals surface area contributed by atoms with Gasteiger partial charge in [-0.15, -0.1) is 0 Å². The van der Waals surface area contributed by atoms with E-state index in [4.69, 9.17) is 0 Å². The Balaban J connectivity index is 1.61. The molecule has 0 unspecified atom stereocenters. The van der Waals surface area contributed by atoms with Crippen LogP contribution in [0.3, 0.4) is 0 Å². The molecule has 0 spiro atoms. The molecule has 1 heterocycles. The van der Waals surface area contributed by atoms with Crippen molar-refractivity contribution in [1.82, 2.24) is 10.2 Å². The van der Waals surface area contributed by atoms with Crippen LogP contribution in [0.5, 0.6) is 0 Å². The number of rotatable bonds is 4. The highest BCUT2D eigenvalue weighted by atomic mass is 19.1. The minimum atomic E-state index is -0.721. The summed E-state index contributed by atoms with van der Waals surface area (Å²) in [5.74, 6) is -0.794. The summed E-state index contributed by atoms with van der Waals surface area (Å²) in [7, 11) is 0. The van der Waals surface area contributed by atoms with Crippen LogP contribution < -0.4 is 5.32 Å². The van der Waals surface area contributed by atoms with Gasteiger partial charge in [0.05, 0.1) is 0 Å². The number of hydrogen-bond donors (Lipinski definition) is 1. The lowest BCUT2D eigenvalue weighted by atomic mass is 9.91. The first-order valence-electron chi connectivity index (χ1n) is 9.59. The molecule has 0 saturated heterocycles. The molecule has 0 aliphatic carbocycles. The molecule has 29 heavy (non-hydrogen) atoms. The van der Waals surface area contributed by atoms with E-state index in [2.05, 4.69) is 5.32 Å². The number of nitrogens with one attached hydrogen (secondary N) is 1. The summed E-state index contributed by atoms with van der Waals surface area (Å²) in [6.07, 6.45) is 0.697. The number of amides is 2. The maximum atomic E-state index is 13.4. The van der Waals surface area contributed by atoms with Gasteiger partial charge in [-0.2, -0.15) is 0 Å². The topological polar surface area (TPSA) is 49.4 Å². The van der Waals surface area contributed by atoms with Crippen molar-refractivity contribution in [2.45, 2.75) is 19.0 Å². The van der Waals surface area contributed by atoms with Crippen molar-refractivity contribution in [3.63, 3.8) is 0 Å². The van der Waals surface area contributed by atoms with Crippen molar-refractivity contribution >= 4 is 11.8 Å². The predicted octanol–water partition coefficient (Wildman–Crippen LogP) is 3.88. The Kier molecular flexibility index (Phi) is 5.38. The monoisotopic (exact) mass is 388 g/mol. The predicted molar refractivity (Wildman–Crippen MR) is 109 cm³/mol. The van der Waals surface area contributed by atoms with Gasteiger partial charge in [0.25, 0.3) is 5.91 Å². The first kappa shape index (κ1) is 18.9. The van der Waals surface area contributed by atoms with Crippen molar-refractivity contribution in [3.05, 3.63) is 107 Å². The Morgan fingerprint density at radius 2 is 1.72 bits per heavy atom. The fourth-order valence-electron chi connectivity index (χ4n) is 3.75. The van der Waals surface area contributed by atoms with Crippen LogP contribution in [-0.2, 0) is 17.8 Å². The number of carbonyl (C=O) groups is 2. The van der Waals surface area contributed by atoms with Crippen LogP contribution in [0.15, 0.2) is 78.9 Å². The molecule has 146 valence electrons. The lowest BCUT2D eigenvalue weighted by Gasteiger charge is -2.36. The van der Waals surface area contributed by atoms with E-state index in [1.165, 1.54) is 12.1 Å². The average molecular weight is 388 g/mol. The minimum absolute atomic E-state index is 0.175. The van der Waals surface area contributed by atoms with Crippen LogP contribution in [0.2, 0.25) is 0 Å². The summed E-state index contributed by atoms with van der Waals surface area (Å²) in [5, 5.41) is 2.87. The normalized spacial score (nSPS) is 15.5. The third-order valence-corrected chi connectivity index (χ3v) is 5.17. The number of fused-ring (bicyclic) bond motifs is 1.